The first-order valence-electron chi connectivity index (χ1n) is 7.60. The Labute approximate surface area is 132 Å². The summed E-state index contributed by atoms with van der Waals surface area (Å²) in [4.78, 5) is 14.5. The Bertz CT molecular complexity index is 714. The van der Waals surface area contributed by atoms with E-state index in [1.165, 1.54) is 10.6 Å². The zero-order valence-electron chi connectivity index (χ0n) is 13.2. The average molecular weight is 322 g/mol. The fraction of sp³-hybridized carbons (Fsp3) is 0.562. The first kappa shape index (κ1) is 15.5. The van der Waals surface area contributed by atoms with E-state index in [0.717, 1.165) is 17.5 Å². The lowest BCUT2D eigenvalue weighted by molar-refractivity contribution is 0.0141. The van der Waals surface area contributed by atoms with Crippen LogP contribution in [-0.2, 0) is 10.0 Å². The van der Waals surface area contributed by atoms with Crippen LogP contribution in [0.3, 0.4) is 0 Å². The van der Waals surface area contributed by atoms with Crippen LogP contribution < -0.4 is 0 Å². The fourth-order valence-corrected chi connectivity index (χ4v) is 4.73. The van der Waals surface area contributed by atoms with Gasteiger partial charge in [0.05, 0.1) is 6.26 Å². The molecule has 0 saturated carbocycles. The highest BCUT2D eigenvalue weighted by Crippen LogP contribution is 2.34. The predicted molar refractivity (Wildman–Crippen MR) is 85.3 cm³/mol. The summed E-state index contributed by atoms with van der Waals surface area (Å²) in [6.45, 7) is 5.77. The van der Waals surface area contributed by atoms with Gasteiger partial charge in [-0.3, -0.25) is 4.79 Å². The van der Waals surface area contributed by atoms with E-state index in [0.29, 0.717) is 31.1 Å². The molecule has 3 rings (SSSR count). The molecule has 2 fully saturated rings. The molecule has 1 aromatic rings. The highest BCUT2D eigenvalue weighted by atomic mass is 32.2. The van der Waals surface area contributed by atoms with Gasteiger partial charge in [0, 0.05) is 31.2 Å². The first-order chi connectivity index (χ1) is 10.3. The number of rotatable bonds is 2. The van der Waals surface area contributed by atoms with Crippen molar-refractivity contribution < 1.29 is 13.2 Å². The number of carbonyl (C=O) groups is 1. The van der Waals surface area contributed by atoms with Crippen molar-refractivity contribution in [3.63, 3.8) is 0 Å². The normalized spacial score (nSPS) is 25.5. The van der Waals surface area contributed by atoms with E-state index >= 15 is 0 Å². The monoisotopic (exact) mass is 322 g/mol. The van der Waals surface area contributed by atoms with Crippen LogP contribution in [0.4, 0.5) is 0 Å². The molecule has 2 atom stereocenters. The minimum Gasteiger partial charge on any atom is -0.337 e. The van der Waals surface area contributed by atoms with E-state index in [-0.39, 0.29) is 11.9 Å². The summed E-state index contributed by atoms with van der Waals surface area (Å²) < 4.78 is 25.0. The number of nitrogens with zero attached hydrogens (tertiary/aromatic N) is 2. The molecule has 0 N–H and O–H groups in total. The third-order valence-electron chi connectivity index (χ3n) is 4.83. The third kappa shape index (κ3) is 2.65. The number of amides is 1. The molecule has 2 aliphatic rings. The van der Waals surface area contributed by atoms with Gasteiger partial charge in [-0.15, -0.1) is 0 Å². The van der Waals surface area contributed by atoms with Crippen molar-refractivity contribution in [1.82, 2.24) is 9.21 Å². The Morgan fingerprint density at radius 1 is 1.23 bits per heavy atom. The SMILES string of the molecule is Cc1ccc(C(=O)N2CC[C@@H]3CN(S(C)(=O)=O)[C@@H]3C2)c(C)c1. The van der Waals surface area contributed by atoms with E-state index in [9.17, 15) is 13.2 Å². The van der Waals surface area contributed by atoms with Crippen molar-refractivity contribution in [3.8, 4) is 0 Å². The average Bonchev–Trinajstić information content (AvgIpc) is 2.38. The number of aryl methyl sites for hydroxylation is 2. The van der Waals surface area contributed by atoms with Crippen molar-refractivity contribution in [3.05, 3.63) is 34.9 Å². The van der Waals surface area contributed by atoms with Gasteiger partial charge in [0.2, 0.25) is 10.0 Å². The minimum absolute atomic E-state index is 0.0105. The maximum atomic E-state index is 12.7. The van der Waals surface area contributed by atoms with Crippen molar-refractivity contribution >= 4 is 15.9 Å². The summed E-state index contributed by atoms with van der Waals surface area (Å²) in [5, 5.41) is 0. The quantitative estimate of drug-likeness (QED) is 0.827. The Morgan fingerprint density at radius 3 is 2.59 bits per heavy atom. The van der Waals surface area contributed by atoms with E-state index in [2.05, 4.69) is 0 Å². The Hall–Kier alpha value is -1.40. The van der Waals surface area contributed by atoms with Crippen LogP contribution in [0.2, 0.25) is 0 Å². The lowest BCUT2D eigenvalue weighted by Crippen LogP contribution is -2.65. The summed E-state index contributed by atoms with van der Waals surface area (Å²) >= 11 is 0. The summed E-state index contributed by atoms with van der Waals surface area (Å²) in [6, 6.07) is 5.78. The molecule has 6 heteroatoms. The second-order valence-electron chi connectivity index (χ2n) is 6.52. The Kier molecular flexibility index (Phi) is 3.77. The molecule has 0 spiro atoms. The van der Waals surface area contributed by atoms with Gasteiger partial charge in [0.15, 0.2) is 0 Å². The van der Waals surface area contributed by atoms with E-state index in [1.54, 1.807) is 4.90 Å². The molecule has 0 aromatic heterocycles. The largest absolute Gasteiger partial charge is 0.337 e. The number of fused-ring (bicyclic) bond motifs is 1. The second kappa shape index (κ2) is 5.35. The molecule has 1 aromatic carbocycles. The Balaban J connectivity index is 1.77. The van der Waals surface area contributed by atoms with E-state index < -0.39 is 10.0 Å². The lowest BCUT2D eigenvalue weighted by Gasteiger charge is -2.51. The molecule has 2 heterocycles. The number of sulfonamides is 1. The molecule has 0 unspecified atom stereocenters. The summed E-state index contributed by atoms with van der Waals surface area (Å²) in [6.07, 6.45) is 2.13. The molecule has 2 aliphatic heterocycles. The van der Waals surface area contributed by atoms with Gasteiger partial charge in [-0.25, -0.2) is 8.42 Å². The van der Waals surface area contributed by atoms with Crippen molar-refractivity contribution in [2.45, 2.75) is 26.3 Å². The van der Waals surface area contributed by atoms with Crippen LogP contribution in [0.1, 0.15) is 27.9 Å². The molecular weight excluding hydrogens is 300 g/mol. The smallest absolute Gasteiger partial charge is 0.254 e. The molecule has 22 heavy (non-hydrogen) atoms. The highest BCUT2D eigenvalue weighted by molar-refractivity contribution is 7.88. The molecule has 0 radical (unpaired) electrons. The molecule has 0 bridgehead atoms. The molecule has 1 amide bonds. The molecule has 0 aliphatic carbocycles. The lowest BCUT2D eigenvalue weighted by atomic mass is 9.84. The summed E-state index contributed by atoms with van der Waals surface area (Å²) in [7, 11) is -3.17. The van der Waals surface area contributed by atoms with Crippen LogP contribution in [-0.4, -0.2) is 55.5 Å². The Morgan fingerprint density at radius 2 is 1.95 bits per heavy atom. The summed E-state index contributed by atoms with van der Waals surface area (Å²) in [5.41, 5.74) is 2.82. The maximum absolute atomic E-state index is 12.7. The number of benzene rings is 1. The van der Waals surface area contributed by atoms with Gasteiger partial charge in [-0.2, -0.15) is 4.31 Å². The summed E-state index contributed by atoms with van der Waals surface area (Å²) in [5.74, 6) is 0.411. The molecule has 2 saturated heterocycles. The van der Waals surface area contributed by atoms with Gasteiger partial charge in [-0.1, -0.05) is 17.7 Å². The highest BCUT2D eigenvalue weighted by Gasteiger charge is 2.47. The topological polar surface area (TPSA) is 57.7 Å². The predicted octanol–water partition coefficient (Wildman–Crippen LogP) is 1.41. The van der Waals surface area contributed by atoms with Crippen molar-refractivity contribution in [2.24, 2.45) is 5.92 Å². The number of piperidine rings is 1. The van der Waals surface area contributed by atoms with Gasteiger partial charge >= 0.3 is 0 Å². The van der Waals surface area contributed by atoms with Crippen LogP contribution in [0.15, 0.2) is 18.2 Å². The molecule has 5 nitrogen and oxygen atoms in total. The fourth-order valence-electron chi connectivity index (χ4n) is 3.54. The third-order valence-corrected chi connectivity index (χ3v) is 6.10. The van der Waals surface area contributed by atoms with Crippen LogP contribution in [0.5, 0.6) is 0 Å². The number of hydrogen-bond donors (Lipinski definition) is 0. The number of hydrogen-bond acceptors (Lipinski definition) is 3. The molecular formula is C16H22N2O3S. The number of likely N-dealkylation sites (tertiary alicyclic amines) is 1. The van der Waals surface area contributed by atoms with Crippen molar-refractivity contribution in [1.29, 1.82) is 0 Å². The van der Waals surface area contributed by atoms with E-state index in [4.69, 9.17) is 0 Å². The van der Waals surface area contributed by atoms with Crippen LogP contribution in [0.25, 0.3) is 0 Å². The molecule has 120 valence electrons. The van der Waals surface area contributed by atoms with Gasteiger partial charge in [0.1, 0.15) is 0 Å². The van der Waals surface area contributed by atoms with E-state index in [1.807, 2.05) is 32.0 Å². The van der Waals surface area contributed by atoms with Crippen molar-refractivity contribution in [2.75, 3.05) is 25.9 Å². The maximum Gasteiger partial charge on any atom is 0.254 e. The second-order valence-corrected chi connectivity index (χ2v) is 8.45. The first-order valence-corrected chi connectivity index (χ1v) is 9.45. The van der Waals surface area contributed by atoms with Crippen LogP contribution in [0, 0.1) is 19.8 Å². The van der Waals surface area contributed by atoms with Gasteiger partial charge < -0.3 is 4.90 Å². The minimum atomic E-state index is -3.17. The van der Waals surface area contributed by atoms with Gasteiger partial charge in [0.25, 0.3) is 5.91 Å². The van der Waals surface area contributed by atoms with Gasteiger partial charge in [-0.05, 0) is 37.8 Å². The van der Waals surface area contributed by atoms with Crippen LogP contribution >= 0.6 is 0 Å². The zero-order valence-corrected chi connectivity index (χ0v) is 14.1. The number of carbonyl (C=O) groups excluding carboxylic acids is 1. The zero-order chi connectivity index (χ0) is 16.1. The standard InChI is InChI=1S/C16H22N2O3S/c1-11-4-5-14(12(2)8-11)16(19)17-7-6-13-9-18(15(13)10-17)22(3,20)21/h4-5,8,13,15H,6-7,9-10H2,1-3H3/t13-,15-/m1/s1.